The van der Waals surface area contributed by atoms with Crippen molar-refractivity contribution in [3.8, 4) is 22.5 Å². The quantitative estimate of drug-likeness (QED) is 0.191. The highest BCUT2D eigenvalue weighted by atomic mass is 35.5. The number of pyridine rings is 2. The Balaban J connectivity index is 0.000000315. The molecule has 0 unspecified atom stereocenters. The second-order valence-electron chi connectivity index (χ2n) is 9.94. The number of aromatic nitrogens is 6. The normalized spacial score (nSPS) is 11.6. The molecule has 0 spiro atoms. The van der Waals surface area contributed by atoms with Crippen molar-refractivity contribution >= 4 is 18.4 Å². The molecule has 0 amide bonds. The highest BCUT2D eigenvalue weighted by Gasteiger charge is 2.33. The summed E-state index contributed by atoms with van der Waals surface area (Å²) < 4.78 is 79.9. The molecule has 16 heteroatoms. The number of nitrogens with zero attached hydrogens (tertiary/aromatic N) is 6. The van der Waals surface area contributed by atoms with E-state index in [1.807, 2.05) is 0 Å². The van der Waals surface area contributed by atoms with Crippen molar-refractivity contribution in [3.63, 3.8) is 0 Å². The van der Waals surface area contributed by atoms with Gasteiger partial charge in [0.1, 0.15) is 29.6 Å². The molecule has 0 saturated carbocycles. The largest absolute Gasteiger partial charge is 0.460 e. The number of hydrogen-bond acceptors (Lipinski definition) is 9. The fourth-order valence-corrected chi connectivity index (χ4v) is 3.41. The molecule has 0 aliphatic rings. The predicted octanol–water partition coefficient (Wildman–Crippen LogP) is 6.27. The first kappa shape index (κ1) is 36.0. The number of alkyl halides is 6. The number of esters is 1. The lowest BCUT2D eigenvalue weighted by Gasteiger charge is -2.19. The van der Waals surface area contributed by atoms with Gasteiger partial charge in [-0.1, -0.05) is 0 Å². The van der Waals surface area contributed by atoms with Crippen LogP contribution in [-0.4, -0.2) is 41.5 Å². The lowest BCUT2D eigenvalue weighted by molar-refractivity contribution is -0.154. The van der Waals surface area contributed by atoms with E-state index in [9.17, 15) is 31.1 Å². The first-order valence-corrected chi connectivity index (χ1v) is 12.7. The van der Waals surface area contributed by atoms with Crippen molar-refractivity contribution in [2.24, 2.45) is 5.73 Å². The Hall–Kier alpha value is -4.24. The van der Waals surface area contributed by atoms with Gasteiger partial charge in [-0.2, -0.15) is 26.3 Å². The molecule has 0 saturated heterocycles. The minimum absolute atomic E-state index is 0. The number of nitrogens with two attached hydrogens (primary N) is 1. The molecule has 236 valence electrons. The molecule has 4 aromatic rings. The summed E-state index contributed by atoms with van der Waals surface area (Å²) in [5.41, 5.74) is 6.04. The topological polar surface area (TPSA) is 130 Å². The van der Waals surface area contributed by atoms with E-state index in [-0.39, 0.29) is 31.3 Å². The van der Waals surface area contributed by atoms with Gasteiger partial charge < -0.3 is 10.5 Å². The third-order valence-corrected chi connectivity index (χ3v) is 5.36. The second kappa shape index (κ2) is 15.0. The predicted molar refractivity (Wildman–Crippen MR) is 150 cm³/mol. The van der Waals surface area contributed by atoms with Crippen molar-refractivity contribution in [3.05, 3.63) is 84.2 Å². The van der Waals surface area contributed by atoms with Crippen LogP contribution in [0.1, 0.15) is 50.0 Å². The van der Waals surface area contributed by atoms with Crippen LogP contribution in [0.3, 0.4) is 0 Å². The van der Waals surface area contributed by atoms with Gasteiger partial charge in [0, 0.05) is 42.2 Å². The van der Waals surface area contributed by atoms with Crippen LogP contribution >= 0.6 is 12.4 Å². The van der Waals surface area contributed by atoms with E-state index in [4.69, 9.17) is 10.5 Å². The van der Waals surface area contributed by atoms with Crippen LogP contribution in [0.4, 0.5) is 26.3 Å². The van der Waals surface area contributed by atoms with Crippen molar-refractivity contribution in [2.75, 3.05) is 0 Å². The van der Waals surface area contributed by atoms with Gasteiger partial charge in [0.2, 0.25) is 0 Å². The van der Waals surface area contributed by atoms with Crippen LogP contribution in [0.5, 0.6) is 0 Å². The van der Waals surface area contributed by atoms with Crippen molar-refractivity contribution in [2.45, 2.75) is 58.1 Å². The molecule has 0 aromatic carbocycles. The van der Waals surface area contributed by atoms with Gasteiger partial charge in [-0.25, -0.2) is 19.9 Å². The van der Waals surface area contributed by atoms with Crippen LogP contribution in [-0.2, 0) is 34.8 Å². The van der Waals surface area contributed by atoms with E-state index in [1.165, 1.54) is 24.8 Å². The molecule has 0 atom stereocenters. The summed E-state index contributed by atoms with van der Waals surface area (Å²) in [7, 11) is 0. The van der Waals surface area contributed by atoms with Gasteiger partial charge in [-0.05, 0) is 57.2 Å². The maximum absolute atomic E-state index is 12.5. The summed E-state index contributed by atoms with van der Waals surface area (Å²) >= 11 is 0. The molecule has 2 N–H and O–H groups in total. The smallest absolute Gasteiger partial charge is 0.433 e. The number of carbonyl (C=O) groups is 1. The zero-order valence-electron chi connectivity index (χ0n) is 23.6. The summed E-state index contributed by atoms with van der Waals surface area (Å²) in [4.78, 5) is 34.5. The summed E-state index contributed by atoms with van der Waals surface area (Å²) in [6.07, 6.45) is -3.56. The van der Waals surface area contributed by atoms with E-state index in [0.29, 0.717) is 40.3 Å². The molecule has 4 aromatic heterocycles. The van der Waals surface area contributed by atoms with Gasteiger partial charge in [0.15, 0.2) is 0 Å². The average Bonchev–Trinajstić information content (AvgIpc) is 2.95. The minimum Gasteiger partial charge on any atom is -0.460 e. The van der Waals surface area contributed by atoms with E-state index in [2.05, 4.69) is 29.9 Å². The third-order valence-electron chi connectivity index (χ3n) is 5.36. The Morgan fingerprint density at radius 2 is 1.18 bits per heavy atom. The SMILES string of the molecule is CC(C)(C)OC(=O)CCc1cc(-c2ccc(C(F)(F)F)nc2)ncn1.Cl.NCc1cc(-c2ccc(C(F)(F)F)nc2)ncn1. The van der Waals surface area contributed by atoms with Crippen LogP contribution in [0.25, 0.3) is 22.5 Å². The number of ether oxygens (including phenoxy) is 1. The van der Waals surface area contributed by atoms with Crippen LogP contribution in [0.15, 0.2) is 61.4 Å². The fraction of sp³-hybridized carbons (Fsp3) is 0.321. The molecule has 0 fully saturated rings. The molecule has 44 heavy (non-hydrogen) atoms. The van der Waals surface area contributed by atoms with E-state index < -0.39 is 29.3 Å². The van der Waals surface area contributed by atoms with Crippen LogP contribution in [0.2, 0.25) is 0 Å². The molecule has 4 heterocycles. The minimum atomic E-state index is -4.48. The number of carbonyl (C=O) groups excluding carboxylic acids is 1. The fourth-order valence-electron chi connectivity index (χ4n) is 3.41. The zero-order chi connectivity index (χ0) is 31.8. The van der Waals surface area contributed by atoms with Gasteiger partial charge in [-0.3, -0.25) is 14.8 Å². The van der Waals surface area contributed by atoms with E-state index in [0.717, 1.165) is 24.5 Å². The van der Waals surface area contributed by atoms with Crippen molar-refractivity contribution in [1.29, 1.82) is 0 Å². The van der Waals surface area contributed by atoms with E-state index >= 15 is 0 Å². The molecule has 9 nitrogen and oxygen atoms in total. The highest BCUT2D eigenvalue weighted by Crippen LogP contribution is 2.29. The lowest BCUT2D eigenvalue weighted by Crippen LogP contribution is -2.24. The highest BCUT2D eigenvalue weighted by molar-refractivity contribution is 5.85. The maximum Gasteiger partial charge on any atom is 0.433 e. The molecule has 0 bridgehead atoms. The third kappa shape index (κ3) is 11.1. The van der Waals surface area contributed by atoms with Gasteiger partial charge in [0.25, 0.3) is 0 Å². The van der Waals surface area contributed by atoms with Crippen LogP contribution < -0.4 is 5.73 Å². The number of aryl methyl sites for hydroxylation is 1. The van der Waals surface area contributed by atoms with Gasteiger partial charge in [-0.15, -0.1) is 12.4 Å². The van der Waals surface area contributed by atoms with Gasteiger partial charge in [0.05, 0.1) is 23.5 Å². The zero-order valence-corrected chi connectivity index (χ0v) is 24.5. The van der Waals surface area contributed by atoms with Crippen molar-refractivity contribution in [1.82, 2.24) is 29.9 Å². The average molecular weight is 644 g/mol. The number of halogens is 7. The van der Waals surface area contributed by atoms with Gasteiger partial charge >= 0.3 is 18.3 Å². The molecule has 0 radical (unpaired) electrons. The second-order valence-corrected chi connectivity index (χ2v) is 9.94. The summed E-state index contributed by atoms with van der Waals surface area (Å²) in [5.74, 6) is -0.344. The molecule has 0 aliphatic carbocycles. The first-order valence-electron chi connectivity index (χ1n) is 12.7. The molecule has 0 aliphatic heterocycles. The lowest BCUT2D eigenvalue weighted by atomic mass is 10.1. The van der Waals surface area contributed by atoms with E-state index in [1.54, 1.807) is 32.9 Å². The molecular formula is C28H28ClF6N7O2. The summed E-state index contributed by atoms with van der Waals surface area (Å²) in [6.45, 7) is 5.59. The van der Waals surface area contributed by atoms with Crippen molar-refractivity contribution < 1.29 is 35.9 Å². The Bertz CT molecular complexity index is 1510. The Labute approximate surface area is 254 Å². The standard InChI is InChI=1S/C17H18F3N3O2.C11H9F3N4.ClH/c1-16(2,3)25-15(24)7-5-12-8-13(23-10-22-12)11-4-6-14(21-9-11)17(18,19)20;12-11(13,14)10-2-1-7(5-16-10)9-3-8(4-15)17-6-18-9;/h4,6,8-10H,5,7H2,1-3H3;1-3,5-6H,4,15H2;1H. The summed E-state index contributed by atoms with van der Waals surface area (Å²) in [6, 6.07) is 7.67. The van der Waals surface area contributed by atoms with Crippen LogP contribution in [0, 0.1) is 0 Å². The first-order chi connectivity index (χ1) is 20.0. The monoisotopic (exact) mass is 643 g/mol. The Morgan fingerprint density at radius 1 is 0.727 bits per heavy atom. The maximum atomic E-state index is 12.5. The summed E-state index contributed by atoms with van der Waals surface area (Å²) in [5, 5.41) is 0. The number of hydrogen-bond donors (Lipinski definition) is 1. The molecule has 4 rings (SSSR count). The Morgan fingerprint density at radius 3 is 1.57 bits per heavy atom. The Kier molecular flexibility index (Phi) is 12.2. The molecular weight excluding hydrogens is 616 g/mol. The number of rotatable bonds is 6.